The van der Waals surface area contributed by atoms with E-state index in [9.17, 15) is 27.6 Å². The average Bonchev–Trinajstić information content (AvgIpc) is 3.41. The zero-order valence-electron chi connectivity index (χ0n) is 22.0. The van der Waals surface area contributed by atoms with Gasteiger partial charge in [0.05, 0.1) is 11.4 Å². The fourth-order valence-corrected chi connectivity index (χ4v) is 5.06. The third kappa shape index (κ3) is 6.40. The number of nitrogens with zero attached hydrogens (tertiary/aromatic N) is 1. The number of amides is 2. The number of hydrogen-bond acceptors (Lipinski definition) is 6. The Morgan fingerprint density at radius 2 is 1.73 bits per heavy atom. The van der Waals surface area contributed by atoms with Gasteiger partial charge in [0.1, 0.15) is 12.4 Å². The van der Waals surface area contributed by atoms with Crippen molar-refractivity contribution < 1.29 is 37.1 Å². The molecule has 1 aliphatic carbocycles. The van der Waals surface area contributed by atoms with Crippen molar-refractivity contribution in [1.82, 2.24) is 15.8 Å². The first-order valence-electron chi connectivity index (χ1n) is 13.0. The maximum Gasteiger partial charge on any atom is 0.493 e. The molecule has 1 saturated carbocycles. The van der Waals surface area contributed by atoms with Gasteiger partial charge in [-0.15, -0.1) is 0 Å². The van der Waals surface area contributed by atoms with Gasteiger partial charge in [0.25, 0.3) is 11.8 Å². The Labute approximate surface area is 232 Å². The van der Waals surface area contributed by atoms with Gasteiger partial charge in [0, 0.05) is 28.2 Å². The zero-order chi connectivity index (χ0) is 29.1. The van der Waals surface area contributed by atoms with Gasteiger partial charge in [-0.25, -0.2) is 4.79 Å². The van der Waals surface area contributed by atoms with Crippen LogP contribution in [0.15, 0.2) is 66.7 Å². The van der Waals surface area contributed by atoms with Crippen molar-refractivity contribution in [3.8, 4) is 5.75 Å². The number of nitrogens with one attached hydrogen (secondary N) is 2. The summed E-state index contributed by atoms with van der Waals surface area (Å²) in [5.74, 6) is -4.01. The second-order valence-electron chi connectivity index (χ2n) is 9.92. The molecule has 2 unspecified atom stereocenters. The Hall–Kier alpha value is -4.67. The van der Waals surface area contributed by atoms with Crippen LogP contribution in [0.3, 0.4) is 0 Å². The number of aromatic nitrogens is 1. The molecular weight excluding hydrogens is 539 g/mol. The summed E-state index contributed by atoms with van der Waals surface area (Å²) in [6.45, 7) is 2.30. The first-order chi connectivity index (χ1) is 19.6. The number of carbonyl (C=O) groups excluding carboxylic acids is 3. The molecule has 2 N–H and O–H groups in total. The molecule has 1 heterocycles. The van der Waals surface area contributed by atoms with E-state index in [-0.39, 0.29) is 0 Å². The lowest BCUT2D eigenvalue weighted by atomic mass is 10.0. The molecule has 0 bridgehead atoms. The number of hydrogen-bond donors (Lipinski definition) is 2. The van der Waals surface area contributed by atoms with Gasteiger partial charge in [-0.2, -0.15) is 18.7 Å². The van der Waals surface area contributed by atoms with E-state index in [4.69, 9.17) is 4.74 Å². The highest BCUT2D eigenvalue weighted by atomic mass is 19.4. The van der Waals surface area contributed by atoms with E-state index in [1.165, 1.54) is 0 Å². The molecule has 0 saturated heterocycles. The van der Waals surface area contributed by atoms with Crippen LogP contribution in [-0.2, 0) is 21.0 Å². The molecular formula is C30H26F3N3O5. The minimum Gasteiger partial charge on any atom is -0.489 e. The summed E-state index contributed by atoms with van der Waals surface area (Å²) >= 11 is 0. The Morgan fingerprint density at radius 1 is 0.976 bits per heavy atom. The van der Waals surface area contributed by atoms with Crippen LogP contribution < -0.4 is 15.5 Å². The highest BCUT2D eigenvalue weighted by Gasteiger charge is 2.43. The van der Waals surface area contributed by atoms with Crippen LogP contribution in [0.1, 0.15) is 40.9 Å². The molecule has 1 aliphatic rings. The molecule has 212 valence electrons. The van der Waals surface area contributed by atoms with Gasteiger partial charge in [-0.1, -0.05) is 36.8 Å². The number of hydroxylamine groups is 1. The second-order valence-corrected chi connectivity index (χ2v) is 9.92. The average molecular weight is 566 g/mol. The van der Waals surface area contributed by atoms with E-state index in [2.05, 4.69) is 15.1 Å². The van der Waals surface area contributed by atoms with Crippen LogP contribution in [0.25, 0.3) is 21.7 Å². The van der Waals surface area contributed by atoms with Crippen LogP contribution in [0.5, 0.6) is 5.75 Å². The van der Waals surface area contributed by atoms with Crippen LogP contribution in [-0.4, -0.2) is 35.0 Å². The van der Waals surface area contributed by atoms with Gasteiger partial charge in [0.2, 0.25) is 0 Å². The molecule has 41 heavy (non-hydrogen) atoms. The highest BCUT2D eigenvalue weighted by molar-refractivity contribution is 5.99. The number of aryl methyl sites for hydroxylation is 1. The molecule has 0 radical (unpaired) electrons. The smallest absolute Gasteiger partial charge is 0.489 e. The summed E-state index contributed by atoms with van der Waals surface area (Å²) < 4.78 is 43.1. The van der Waals surface area contributed by atoms with E-state index in [0.717, 1.165) is 32.9 Å². The number of ether oxygens (including phenoxy) is 1. The molecule has 1 fully saturated rings. The minimum absolute atomic E-state index is 0.329. The maximum atomic E-state index is 13.0. The summed E-state index contributed by atoms with van der Waals surface area (Å²) in [5.41, 5.74) is 4.76. The number of rotatable bonds is 6. The van der Waals surface area contributed by atoms with E-state index in [1.54, 1.807) is 23.7 Å². The Morgan fingerprint density at radius 3 is 2.54 bits per heavy atom. The largest absolute Gasteiger partial charge is 0.493 e. The molecule has 3 aromatic carbocycles. The van der Waals surface area contributed by atoms with Gasteiger partial charge in [0.15, 0.2) is 0 Å². The maximum absolute atomic E-state index is 13.0. The fourth-order valence-electron chi connectivity index (χ4n) is 5.06. The SMILES string of the molecule is Cc1cc(COc2ccc3cc(C(=O)NC4CCCC4C(=O)NOC(=O)C(F)(F)F)ccc3c2)c2ccccc2n1. The molecule has 11 heteroatoms. The van der Waals surface area contributed by atoms with E-state index < -0.39 is 35.9 Å². The lowest BCUT2D eigenvalue weighted by Gasteiger charge is -2.20. The molecule has 1 aromatic heterocycles. The standard InChI is InChI=1S/C30H26F3N3O5/c1-17-13-21(23-5-2-3-7-25(23)34-17)16-40-22-12-11-18-14-20(10-9-19(18)15-22)27(37)35-26-8-4-6-24(26)28(38)36-41-29(39)30(31,32)33/h2-3,5,7,9-15,24,26H,4,6,8,16H2,1H3,(H,35,37)(H,36,38). The van der Waals surface area contributed by atoms with Crippen LogP contribution >= 0.6 is 0 Å². The predicted molar refractivity (Wildman–Crippen MR) is 144 cm³/mol. The first-order valence-corrected chi connectivity index (χ1v) is 13.0. The molecule has 2 amide bonds. The number of carbonyl (C=O) groups is 3. The third-order valence-corrected chi connectivity index (χ3v) is 7.04. The number of para-hydroxylation sites is 1. The molecule has 2 atom stereocenters. The van der Waals surface area contributed by atoms with Crippen molar-refractivity contribution >= 4 is 39.5 Å². The zero-order valence-corrected chi connectivity index (χ0v) is 22.0. The van der Waals surface area contributed by atoms with Crippen molar-refractivity contribution in [2.24, 2.45) is 5.92 Å². The summed E-state index contributed by atoms with van der Waals surface area (Å²) in [6, 6.07) is 20.0. The summed E-state index contributed by atoms with van der Waals surface area (Å²) in [4.78, 5) is 44.6. The van der Waals surface area contributed by atoms with Gasteiger partial charge < -0.3 is 14.9 Å². The van der Waals surface area contributed by atoms with E-state index in [0.29, 0.717) is 37.2 Å². The Bertz CT molecular complexity index is 1640. The quantitative estimate of drug-likeness (QED) is 0.307. The monoisotopic (exact) mass is 565 g/mol. The molecule has 0 spiro atoms. The lowest BCUT2D eigenvalue weighted by Crippen LogP contribution is -2.45. The summed E-state index contributed by atoms with van der Waals surface area (Å²) in [5, 5.41) is 5.47. The van der Waals surface area contributed by atoms with E-state index in [1.807, 2.05) is 55.5 Å². The van der Waals surface area contributed by atoms with Gasteiger partial charge >= 0.3 is 12.1 Å². The highest BCUT2D eigenvalue weighted by Crippen LogP contribution is 2.28. The van der Waals surface area contributed by atoms with Crippen LogP contribution in [0.4, 0.5) is 13.2 Å². The van der Waals surface area contributed by atoms with Crippen molar-refractivity contribution in [3.05, 3.63) is 83.6 Å². The number of alkyl halides is 3. The Balaban J connectivity index is 1.22. The predicted octanol–water partition coefficient (Wildman–Crippen LogP) is 5.31. The third-order valence-electron chi connectivity index (χ3n) is 7.04. The number of benzene rings is 3. The fraction of sp³-hybridized carbons (Fsp3) is 0.267. The number of halogens is 3. The van der Waals surface area contributed by atoms with Crippen molar-refractivity contribution in [2.45, 2.75) is 45.0 Å². The normalized spacial score (nSPS) is 16.9. The number of fused-ring (bicyclic) bond motifs is 2. The topological polar surface area (TPSA) is 107 Å². The summed E-state index contributed by atoms with van der Waals surface area (Å²) in [7, 11) is 0. The first kappa shape index (κ1) is 27.9. The van der Waals surface area contributed by atoms with Crippen LogP contribution in [0.2, 0.25) is 0 Å². The summed E-state index contributed by atoms with van der Waals surface area (Å²) in [6.07, 6.45) is -3.87. The lowest BCUT2D eigenvalue weighted by molar-refractivity contribution is -0.208. The second kappa shape index (κ2) is 11.4. The van der Waals surface area contributed by atoms with Gasteiger partial charge in [-0.3, -0.25) is 14.6 Å². The van der Waals surface area contributed by atoms with Crippen LogP contribution in [0, 0.1) is 12.8 Å². The number of pyridine rings is 1. The molecule has 8 nitrogen and oxygen atoms in total. The molecule has 5 rings (SSSR count). The Kier molecular flexibility index (Phi) is 7.78. The molecule has 0 aliphatic heterocycles. The minimum atomic E-state index is -5.23. The van der Waals surface area contributed by atoms with Crippen molar-refractivity contribution in [3.63, 3.8) is 0 Å². The molecule has 4 aromatic rings. The van der Waals surface area contributed by atoms with Crippen molar-refractivity contribution in [2.75, 3.05) is 0 Å². The van der Waals surface area contributed by atoms with Gasteiger partial charge in [-0.05, 0) is 66.9 Å². The van der Waals surface area contributed by atoms with Crippen molar-refractivity contribution in [1.29, 1.82) is 0 Å². The van der Waals surface area contributed by atoms with E-state index >= 15 is 0 Å².